The van der Waals surface area contributed by atoms with Crippen LogP contribution in [0, 0.1) is 47.3 Å². The van der Waals surface area contributed by atoms with Gasteiger partial charge in [-0.3, -0.25) is 29.0 Å². The summed E-state index contributed by atoms with van der Waals surface area (Å²) < 4.78 is 0. The lowest BCUT2D eigenvalue weighted by molar-refractivity contribution is -0.155. The molecule has 2 aliphatic heterocycles. The molecule has 8 nitrogen and oxygen atoms in total. The zero-order valence-corrected chi connectivity index (χ0v) is 17.6. The maximum atomic E-state index is 12.9. The van der Waals surface area contributed by atoms with Crippen molar-refractivity contribution in [3.8, 4) is 0 Å². The van der Waals surface area contributed by atoms with Crippen molar-refractivity contribution in [1.82, 2.24) is 9.80 Å². The van der Waals surface area contributed by atoms with E-state index in [4.69, 9.17) is 0 Å². The number of fused-ring (bicyclic) bond motifs is 10. The van der Waals surface area contributed by atoms with Crippen molar-refractivity contribution in [3.05, 3.63) is 24.3 Å². The van der Waals surface area contributed by atoms with Gasteiger partial charge in [-0.15, -0.1) is 0 Å². The van der Waals surface area contributed by atoms with Crippen LogP contribution in [-0.4, -0.2) is 57.1 Å². The number of hydrogen-bond acceptors (Lipinski definition) is 5. The Balaban J connectivity index is 1.08. The first-order valence-electron chi connectivity index (χ1n) is 11.7. The first-order chi connectivity index (χ1) is 15.4. The van der Waals surface area contributed by atoms with Crippen LogP contribution in [0.25, 0.3) is 0 Å². The van der Waals surface area contributed by atoms with E-state index >= 15 is 0 Å². The second-order valence-corrected chi connectivity index (χ2v) is 10.2. The van der Waals surface area contributed by atoms with Crippen LogP contribution in [0.2, 0.25) is 0 Å². The van der Waals surface area contributed by atoms with Crippen molar-refractivity contribution in [2.75, 3.05) is 6.54 Å². The monoisotopic (exact) mass is 438 g/mol. The van der Waals surface area contributed by atoms with Gasteiger partial charge in [0.05, 0.1) is 23.7 Å². The van der Waals surface area contributed by atoms with E-state index in [-0.39, 0.29) is 72.1 Å². The van der Waals surface area contributed by atoms with Crippen LogP contribution in [0.1, 0.15) is 32.1 Å². The van der Waals surface area contributed by atoms with Crippen LogP contribution in [0.15, 0.2) is 24.3 Å². The van der Waals surface area contributed by atoms with E-state index in [2.05, 4.69) is 12.2 Å². The van der Waals surface area contributed by atoms with Gasteiger partial charge in [0.25, 0.3) is 0 Å². The Hall–Kier alpha value is -2.77. The fourth-order valence-electron chi connectivity index (χ4n) is 7.39. The molecule has 0 aromatic heterocycles. The van der Waals surface area contributed by atoms with Crippen molar-refractivity contribution >= 4 is 29.6 Å². The van der Waals surface area contributed by atoms with Gasteiger partial charge < -0.3 is 5.11 Å². The molecule has 2 heterocycles. The highest BCUT2D eigenvalue weighted by Gasteiger charge is 2.61. The Morgan fingerprint density at radius 2 is 1.22 bits per heavy atom. The van der Waals surface area contributed by atoms with E-state index in [1.165, 1.54) is 4.90 Å². The number of hydrogen-bond donors (Lipinski definition) is 1. The van der Waals surface area contributed by atoms with E-state index in [0.717, 1.165) is 17.7 Å². The Bertz CT molecular complexity index is 940. The molecule has 6 rings (SSSR count). The minimum Gasteiger partial charge on any atom is -0.480 e. The highest BCUT2D eigenvalue weighted by Crippen LogP contribution is 2.54. The molecular weight excluding hydrogens is 412 g/mol. The van der Waals surface area contributed by atoms with E-state index in [9.17, 15) is 29.1 Å². The summed E-state index contributed by atoms with van der Waals surface area (Å²) in [7, 11) is 0. The first-order valence-corrected chi connectivity index (χ1v) is 11.7. The molecule has 32 heavy (non-hydrogen) atoms. The van der Waals surface area contributed by atoms with Gasteiger partial charge in [-0.25, -0.2) is 4.79 Å². The standard InChI is InChI=1S/C24H26N2O6/c27-20-16-11-4-5-12(9-11)17(16)21(28)25(20)8-2-1-3-15(24(31)32)26-22(29)18-13-6-7-14(10-13)19(18)23(26)30/h4-7,11-19H,1-3,8-10H2,(H,31,32)/t11-,12-,13-,14-,15-,16-,17+,18-,19-/m0/s1. The number of aliphatic carboxylic acids is 1. The summed E-state index contributed by atoms with van der Waals surface area (Å²) in [6.07, 6.45) is 10.8. The van der Waals surface area contributed by atoms with Gasteiger partial charge in [-0.1, -0.05) is 24.3 Å². The van der Waals surface area contributed by atoms with Gasteiger partial charge in [-0.05, 0) is 55.8 Å². The highest BCUT2D eigenvalue weighted by atomic mass is 16.4. The molecule has 9 atom stereocenters. The molecule has 0 spiro atoms. The average Bonchev–Trinajstić information content (AvgIpc) is 3.58. The summed E-state index contributed by atoms with van der Waals surface area (Å²) in [5, 5.41) is 9.76. The second-order valence-electron chi connectivity index (χ2n) is 10.2. The number of unbranched alkanes of at least 4 members (excludes halogenated alkanes) is 1. The molecule has 4 bridgehead atoms. The summed E-state index contributed by atoms with van der Waals surface area (Å²) in [6.45, 7) is 0.262. The third kappa shape index (κ3) is 2.52. The van der Waals surface area contributed by atoms with E-state index < -0.39 is 23.8 Å². The number of carbonyl (C=O) groups excluding carboxylic acids is 4. The molecule has 0 unspecified atom stereocenters. The maximum Gasteiger partial charge on any atom is 0.326 e. The molecule has 0 aromatic carbocycles. The fraction of sp³-hybridized carbons (Fsp3) is 0.625. The minimum atomic E-state index is -1.19. The molecule has 168 valence electrons. The fourth-order valence-corrected chi connectivity index (χ4v) is 7.39. The molecule has 8 heteroatoms. The Morgan fingerprint density at radius 1 is 0.781 bits per heavy atom. The number of amides is 4. The molecule has 0 radical (unpaired) electrons. The number of carboxylic acid groups (broad SMARTS) is 1. The smallest absolute Gasteiger partial charge is 0.326 e. The molecule has 4 fully saturated rings. The van der Waals surface area contributed by atoms with Crippen molar-refractivity contribution in [2.24, 2.45) is 47.3 Å². The van der Waals surface area contributed by atoms with Crippen molar-refractivity contribution in [3.63, 3.8) is 0 Å². The van der Waals surface area contributed by atoms with Gasteiger partial charge in [0.2, 0.25) is 23.6 Å². The van der Waals surface area contributed by atoms with Crippen molar-refractivity contribution in [2.45, 2.75) is 38.1 Å². The zero-order valence-electron chi connectivity index (χ0n) is 17.6. The SMILES string of the molecule is O=C(O)[C@H](CCCCN1C(=O)[C@@H]2[C@H](C1=O)[C@H]1C=C[C@H]2C1)N1C(=O)[C@@H]2[C@@H](C1=O)[C@H]1C=C[C@H]2C1. The summed E-state index contributed by atoms with van der Waals surface area (Å²) in [6, 6.07) is -1.19. The van der Waals surface area contributed by atoms with Gasteiger partial charge >= 0.3 is 5.97 Å². The average molecular weight is 438 g/mol. The predicted molar refractivity (Wildman–Crippen MR) is 109 cm³/mol. The molecule has 2 saturated heterocycles. The first kappa shape index (κ1) is 19.9. The number of carbonyl (C=O) groups is 5. The third-order valence-electron chi connectivity index (χ3n) is 8.77. The topological polar surface area (TPSA) is 112 Å². The summed E-state index contributed by atoms with van der Waals surface area (Å²) in [5.74, 6) is -2.98. The Kier molecular flexibility index (Phi) is 4.26. The van der Waals surface area contributed by atoms with Gasteiger partial charge in [0.1, 0.15) is 6.04 Å². The maximum absolute atomic E-state index is 12.9. The van der Waals surface area contributed by atoms with Crippen LogP contribution in [0.3, 0.4) is 0 Å². The van der Waals surface area contributed by atoms with Gasteiger partial charge in [0, 0.05) is 6.54 Å². The largest absolute Gasteiger partial charge is 0.480 e. The molecule has 6 aliphatic rings. The lowest BCUT2D eigenvalue weighted by atomic mass is 9.85. The van der Waals surface area contributed by atoms with Crippen LogP contribution in [-0.2, 0) is 24.0 Å². The molecular formula is C24H26N2O6. The number of likely N-dealkylation sites (tertiary alicyclic amines) is 2. The molecule has 2 saturated carbocycles. The minimum absolute atomic E-state index is 0.0392. The Labute approximate surface area is 185 Å². The van der Waals surface area contributed by atoms with Crippen molar-refractivity contribution in [1.29, 1.82) is 0 Å². The molecule has 4 aliphatic carbocycles. The van der Waals surface area contributed by atoms with Gasteiger partial charge in [-0.2, -0.15) is 0 Å². The third-order valence-corrected chi connectivity index (χ3v) is 8.77. The number of imide groups is 2. The predicted octanol–water partition coefficient (Wildman–Crippen LogP) is 1.22. The number of nitrogens with zero attached hydrogens (tertiary/aromatic N) is 2. The zero-order chi connectivity index (χ0) is 22.3. The lowest BCUT2D eigenvalue weighted by Gasteiger charge is -2.25. The summed E-state index contributed by atoms with van der Waals surface area (Å²) >= 11 is 0. The van der Waals surface area contributed by atoms with E-state index in [0.29, 0.717) is 12.8 Å². The van der Waals surface area contributed by atoms with Crippen LogP contribution in [0.4, 0.5) is 0 Å². The normalized spacial score (nSPS) is 41.4. The quantitative estimate of drug-likeness (QED) is 0.363. The Morgan fingerprint density at radius 3 is 1.66 bits per heavy atom. The number of rotatable bonds is 7. The highest BCUT2D eigenvalue weighted by molar-refractivity contribution is 6.09. The number of allylic oxidation sites excluding steroid dienone is 4. The van der Waals surface area contributed by atoms with E-state index in [1.807, 2.05) is 12.2 Å². The lowest BCUT2D eigenvalue weighted by Crippen LogP contribution is -2.46. The summed E-state index contributed by atoms with van der Waals surface area (Å²) in [5.41, 5.74) is 0. The second kappa shape index (κ2) is 6.86. The summed E-state index contributed by atoms with van der Waals surface area (Å²) in [4.78, 5) is 65.7. The van der Waals surface area contributed by atoms with Crippen LogP contribution < -0.4 is 0 Å². The van der Waals surface area contributed by atoms with Crippen molar-refractivity contribution < 1.29 is 29.1 Å². The molecule has 0 aromatic rings. The molecule has 1 N–H and O–H groups in total. The van der Waals surface area contributed by atoms with Crippen LogP contribution in [0.5, 0.6) is 0 Å². The van der Waals surface area contributed by atoms with E-state index in [1.54, 1.807) is 0 Å². The molecule has 4 amide bonds. The number of carboxylic acids is 1. The van der Waals surface area contributed by atoms with Crippen LogP contribution >= 0.6 is 0 Å². The van der Waals surface area contributed by atoms with Gasteiger partial charge in [0.15, 0.2) is 0 Å².